The number of likely N-dealkylation sites (N-methyl/N-ethyl adjacent to an activating group) is 1. The third-order valence-electron chi connectivity index (χ3n) is 3.06. The highest BCUT2D eigenvalue weighted by atomic mass is 32.1. The lowest BCUT2D eigenvalue weighted by atomic mass is 9.95. The van der Waals surface area contributed by atoms with Crippen LogP contribution in [0, 0.1) is 0 Å². The van der Waals surface area contributed by atoms with Crippen LogP contribution in [0.25, 0.3) is 0 Å². The number of hydrogen-bond acceptors (Lipinski definition) is 2. The zero-order chi connectivity index (χ0) is 11.1. The molecule has 0 saturated carbocycles. The molecule has 1 unspecified atom stereocenters. The highest BCUT2D eigenvalue weighted by molar-refractivity contribution is 7.08. The van der Waals surface area contributed by atoms with Crippen LogP contribution in [-0.4, -0.2) is 13.0 Å². The zero-order valence-corrected chi connectivity index (χ0v) is 9.70. The Morgan fingerprint density at radius 2 is 2.06 bits per heavy atom. The van der Waals surface area contributed by atoms with Crippen molar-refractivity contribution in [1.82, 2.24) is 0 Å². The molecule has 2 heterocycles. The molecular weight excluding hydrogens is 218 g/mol. The number of rotatable bonds is 1. The highest BCUT2D eigenvalue weighted by Crippen LogP contribution is 2.40. The van der Waals surface area contributed by atoms with Gasteiger partial charge in [-0.1, -0.05) is 18.2 Å². The summed E-state index contributed by atoms with van der Waals surface area (Å²) in [7, 11) is 1.84. The number of carbonyl (C=O) groups excluding carboxylic acids is 1. The SMILES string of the molecule is CN1C(=O)C(c2ccsc2)c2ccccc21. The Labute approximate surface area is 98.1 Å². The van der Waals surface area contributed by atoms with Crippen LogP contribution >= 0.6 is 11.3 Å². The maximum absolute atomic E-state index is 12.2. The Balaban J connectivity index is 2.18. The van der Waals surface area contributed by atoms with Crippen molar-refractivity contribution in [2.75, 3.05) is 11.9 Å². The predicted octanol–water partition coefficient (Wildman–Crippen LogP) is 2.86. The third kappa shape index (κ3) is 1.21. The summed E-state index contributed by atoms with van der Waals surface area (Å²) >= 11 is 1.63. The van der Waals surface area contributed by atoms with Crippen LogP contribution in [0.15, 0.2) is 41.1 Å². The first-order chi connectivity index (χ1) is 7.79. The van der Waals surface area contributed by atoms with Crippen molar-refractivity contribution in [3.63, 3.8) is 0 Å². The molecule has 1 aromatic heterocycles. The quantitative estimate of drug-likeness (QED) is 0.736. The molecule has 0 fully saturated rings. The van der Waals surface area contributed by atoms with Crippen molar-refractivity contribution < 1.29 is 4.79 Å². The van der Waals surface area contributed by atoms with Crippen LogP contribution in [0.5, 0.6) is 0 Å². The Morgan fingerprint density at radius 3 is 2.81 bits per heavy atom. The molecule has 3 heteroatoms. The summed E-state index contributed by atoms with van der Waals surface area (Å²) in [6.45, 7) is 0. The van der Waals surface area contributed by atoms with Crippen molar-refractivity contribution in [2.24, 2.45) is 0 Å². The Kier molecular flexibility index (Phi) is 2.07. The molecule has 16 heavy (non-hydrogen) atoms. The normalized spacial score (nSPS) is 18.9. The third-order valence-corrected chi connectivity index (χ3v) is 3.76. The fourth-order valence-electron chi connectivity index (χ4n) is 2.24. The lowest BCUT2D eigenvalue weighted by Crippen LogP contribution is -2.24. The fourth-order valence-corrected chi connectivity index (χ4v) is 2.93. The van der Waals surface area contributed by atoms with Crippen molar-refractivity contribution in [3.8, 4) is 0 Å². The van der Waals surface area contributed by atoms with E-state index in [0.29, 0.717) is 0 Å². The largest absolute Gasteiger partial charge is 0.314 e. The van der Waals surface area contributed by atoms with Crippen LogP contribution in [0.1, 0.15) is 17.0 Å². The van der Waals surface area contributed by atoms with E-state index >= 15 is 0 Å². The van der Waals surface area contributed by atoms with E-state index in [1.165, 1.54) is 0 Å². The molecule has 0 bridgehead atoms. The van der Waals surface area contributed by atoms with Crippen LogP contribution in [-0.2, 0) is 4.79 Å². The number of benzene rings is 1. The van der Waals surface area contributed by atoms with E-state index in [1.54, 1.807) is 16.2 Å². The second-order valence-electron chi connectivity index (χ2n) is 3.95. The van der Waals surface area contributed by atoms with E-state index in [4.69, 9.17) is 0 Å². The maximum atomic E-state index is 12.2. The lowest BCUT2D eigenvalue weighted by Gasteiger charge is -2.09. The Morgan fingerprint density at radius 1 is 1.25 bits per heavy atom. The molecule has 80 valence electrons. The first-order valence-corrected chi connectivity index (χ1v) is 6.12. The molecule has 1 amide bonds. The maximum Gasteiger partial charge on any atom is 0.238 e. The van der Waals surface area contributed by atoms with E-state index in [1.807, 2.05) is 42.8 Å². The van der Waals surface area contributed by atoms with E-state index in [-0.39, 0.29) is 11.8 Å². The number of hydrogen-bond donors (Lipinski definition) is 0. The molecule has 3 rings (SSSR count). The average molecular weight is 229 g/mol. The lowest BCUT2D eigenvalue weighted by molar-refractivity contribution is -0.118. The minimum absolute atomic E-state index is 0.104. The summed E-state index contributed by atoms with van der Waals surface area (Å²) < 4.78 is 0. The standard InChI is InChI=1S/C13H11NOS/c1-14-11-5-3-2-4-10(11)12(13(14)15)9-6-7-16-8-9/h2-8,12H,1H3. The van der Waals surface area contributed by atoms with Crippen molar-refractivity contribution in [1.29, 1.82) is 0 Å². The number of para-hydroxylation sites is 1. The summed E-state index contributed by atoms with van der Waals surface area (Å²) in [4.78, 5) is 13.9. The molecule has 1 aliphatic rings. The van der Waals surface area contributed by atoms with Crippen molar-refractivity contribution in [3.05, 3.63) is 52.2 Å². The van der Waals surface area contributed by atoms with Gasteiger partial charge in [-0.05, 0) is 34.0 Å². The summed E-state index contributed by atoms with van der Waals surface area (Å²) in [5.74, 6) is 0.0621. The molecule has 0 saturated heterocycles. The second-order valence-corrected chi connectivity index (χ2v) is 4.73. The highest BCUT2D eigenvalue weighted by Gasteiger charge is 2.35. The van der Waals surface area contributed by atoms with Crippen LogP contribution in [0.2, 0.25) is 0 Å². The average Bonchev–Trinajstić information content (AvgIpc) is 2.89. The molecular formula is C13H11NOS. The summed E-state index contributed by atoms with van der Waals surface area (Å²) in [6.07, 6.45) is 0. The van der Waals surface area contributed by atoms with E-state index in [9.17, 15) is 4.79 Å². The van der Waals surface area contributed by atoms with Crippen LogP contribution in [0.4, 0.5) is 5.69 Å². The van der Waals surface area contributed by atoms with Crippen molar-refractivity contribution >= 4 is 22.9 Å². The van der Waals surface area contributed by atoms with Gasteiger partial charge in [0.05, 0.1) is 5.92 Å². The van der Waals surface area contributed by atoms with Crippen LogP contribution in [0.3, 0.4) is 0 Å². The molecule has 1 aromatic carbocycles. The first kappa shape index (κ1) is 9.60. The Hall–Kier alpha value is -1.61. The molecule has 2 nitrogen and oxygen atoms in total. The first-order valence-electron chi connectivity index (χ1n) is 5.17. The molecule has 0 N–H and O–H groups in total. The van der Waals surface area contributed by atoms with Gasteiger partial charge >= 0.3 is 0 Å². The number of thiophene rings is 1. The molecule has 0 aliphatic carbocycles. The smallest absolute Gasteiger partial charge is 0.238 e. The zero-order valence-electron chi connectivity index (χ0n) is 8.88. The molecule has 1 aliphatic heterocycles. The predicted molar refractivity (Wildman–Crippen MR) is 66.0 cm³/mol. The van der Waals surface area contributed by atoms with Gasteiger partial charge in [-0.25, -0.2) is 0 Å². The topological polar surface area (TPSA) is 20.3 Å². The number of fused-ring (bicyclic) bond motifs is 1. The van der Waals surface area contributed by atoms with Gasteiger partial charge in [0, 0.05) is 12.7 Å². The van der Waals surface area contributed by atoms with Gasteiger partial charge in [0.15, 0.2) is 0 Å². The van der Waals surface area contributed by atoms with E-state index in [0.717, 1.165) is 16.8 Å². The van der Waals surface area contributed by atoms with Gasteiger partial charge in [0.1, 0.15) is 0 Å². The van der Waals surface area contributed by atoms with Gasteiger partial charge in [-0.15, -0.1) is 0 Å². The van der Waals surface area contributed by atoms with Gasteiger partial charge in [-0.2, -0.15) is 11.3 Å². The van der Waals surface area contributed by atoms with Crippen molar-refractivity contribution in [2.45, 2.75) is 5.92 Å². The molecule has 0 spiro atoms. The molecule has 0 radical (unpaired) electrons. The van der Waals surface area contributed by atoms with E-state index in [2.05, 4.69) is 5.38 Å². The summed E-state index contributed by atoms with van der Waals surface area (Å²) in [6, 6.07) is 10.0. The minimum atomic E-state index is -0.104. The number of carbonyl (C=O) groups is 1. The fraction of sp³-hybridized carbons (Fsp3) is 0.154. The summed E-state index contributed by atoms with van der Waals surface area (Å²) in [5.41, 5.74) is 3.25. The van der Waals surface area contributed by atoms with E-state index < -0.39 is 0 Å². The van der Waals surface area contributed by atoms with Gasteiger partial charge < -0.3 is 4.90 Å². The number of anilines is 1. The van der Waals surface area contributed by atoms with Gasteiger partial charge in [0.2, 0.25) is 5.91 Å². The minimum Gasteiger partial charge on any atom is -0.314 e. The Bertz CT molecular complexity index is 533. The molecule has 2 aromatic rings. The molecule has 1 atom stereocenters. The monoisotopic (exact) mass is 229 g/mol. The van der Waals surface area contributed by atoms with Crippen LogP contribution < -0.4 is 4.90 Å². The number of nitrogens with zero attached hydrogens (tertiary/aromatic N) is 1. The second kappa shape index (κ2) is 3.46. The van der Waals surface area contributed by atoms with Gasteiger partial charge in [0.25, 0.3) is 0 Å². The number of amides is 1. The summed E-state index contributed by atoms with van der Waals surface area (Å²) in [5, 5.41) is 4.07. The van der Waals surface area contributed by atoms with Gasteiger partial charge in [-0.3, -0.25) is 4.79 Å².